The van der Waals surface area contributed by atoms with Gasteiger partial charge in [-0.05, 0) is 46.1 Å². The van der Waals surface area contributed by atoms with E-state index in [0.29, 0.717) is 12.0 Å². The van der Waals surface area contributed by atoms with E-state index >= 15 is 0 Å². The maximum atomic E-state index is 13.1. The number of esters is 2. The molecule has 5 nitrogen and oxygen atoms in total. The molecule has 1 heterocycles. The topological polar surface area (TPSA) is 69.7 Å². The Bertz CT molecular complexity index is 734. The van der Waals surface area contributed by atoms with Gasteiger partial charge in [-0.15, -0.1) is 0 Å². The van der Waals surface area contributed by atoms with Gasteiger partial charge in [0.05, 0.1) is 6.61 Å². The van der Waals surface area contributed by atoms with Gasteiger partial charge < -0.3 is 9.47 Å². The van der Waals surface area contributed by atoms with Crippen LogP contribution in [0.25, 0.3) is 0 Å². The molecule has 1 saturated heterocycles. The van der Waals surface area contributed by atoms with Crippen molar-refractivity contribution in [1.82, 2.24) is 0 Å². The smallest absolute Gasteiger partial charge is 0.321 e. The summed E-state index contributed by atoms with van der Waals surface area (Å²) in [5, 5.41) is 0. The summed E-state index contributed by atoms with van der Waals surface area (Å²) in [4.78, 5) is 37.8. The number of hydrogen-bond acceptors (Lipinski definition) is 5. The first-order valence-corrected chi connectivity index (χ1v) is 8.79. The van der Waals surface area contributed by atoms with Crippen molar-refractivity contribution in [2.24, 2.45) is 17.8 Å². The van der Waals surface area contributed by atoms with Crippen LogP contribution in [-0.2, 0) is 25.5 Å². The van der Waals surface area contributed by atoms with E-state index in [1.54, 1.807) is 20.8 Å². The van der Waals surface area contributed by atoms with E-state index in [-0.39, 0.29) is 12.4 Å². The SMILES string of the molecule is CCOC(=O)[C@H]1C(=O)OC(C)(C)[C@@H]1[C@@H]1CCc2cc(C)ccc2C1=O. The fourth-order valence-electron chi connectivity index (χ4n) is 4.28. The third-order valence-electron chi connectivity index (χ3n) is 5.34. The monoisotopic (exact) mass is 344 g/mol. The van der Waals surface area contributed by atoms with Gasteiger partial charge in [0, 0.05) is 17.4 Å². The lowest BCUT2D eigenvalue weighted by Crippen LogP contribution is -2.43. The van der Waals surface area contributed by atoms with Crippen LogP contribution < -0.4 is 0 Å². The summed E-state index contributed by atoms with van der Waals surface area (Å²) in [6.07, 6.45) is 1.36. The lowest BCUT2D eigenvalue weighted by molar-refractivity contribution is -0.157. The first-order valence-electron chi connectivity index (χ1n) is 8.79. The van der Waals surface area contributed by atoms with Gasteiger partial charge in [0.1, 0.15) is 5.60 Å². The Labute approximate surface area is 147 Å². The molecule has 1 aliphatic carbocycles. The zero-order valence-electron chi connectivity index (χ0n) is 15.1. The van der Waals surface area contributed by atoms with Gasteiger partial charge in [0.15, 0.2) is 11.7 Å². The Hall–Kier alpha value is -2.17. The quantitative estimate of drug-likeness (QED) is 0.623. The molecule has 2 aliphatic rings. The molecular formula is C20H24O5. The van der Waals surface area contributed by atoms with Crippen molar-refractivity contribution >= 4 is 17.7 Å². The maximum Gasteiger partial charge on any atom is 0.321 e. The van der Waals surface area contributed by atoms with Crippen molar-refractivity contribution in [2.45, 2.75) is 46.1 Å². The van der Waals surface area contributed by atoms with Crippen LogP contribution in [0.1, 0.15) is 48.7 Å². The highest BCUT2D eigenvalue weighted by atomic mass is 16.6. The van der Waals surface area contributed by atoms with E-state index in [1.165, 1.54) is 0 Å². The summed E-state index contributed by atoms with van der Waals surface area (Å²) in [6, 6.07) is 5.81. The first-order chi connectivity index (χ1) is 11.8. The minimum absolute atomic E-state index is 0.00748. The summed E-state index contributed by atoms with van der Waals surface area (Å²) in [5.74, 6) is -3.16. The van der Waals surface area contributed by atoms with Gasteiger partial charge in [-0.25, -0.2) is 0 Å². The second kappa shape index (κ2) is 6.28. The molecule has 0 amide bonds. The number of fused-ring (bicyclic) bond motifs is 1. The van der Waals surface area contributed by atoms with E-state index < -0.39 is 35.3 Å². The van der Waals surface area contributed by atoms with Crippen LogP contribution in [0.15, 0.2) is 18.2 Å². The van der Waals surface area contributed by atoms with Crippen LogP contribution in [0.2, 0.25) is 0 Å². The molecule has 3 atom stereocenters. The average Bonchev–Trinajstić information content (AvgIpc) is 2.76. The minimum atomic E-state index is -1.03. The summed E-state index contributed by atoms with van der Waals surface area (Å²) in [7, 11) is 0. The predicted molar refractivity (Wildman–Crippen MR) is 91.1 cm³/mol. The molecule has 0 saturated carbocycles. The molecule has 1 aromatic rings. The van der Waals surface area contributed by atoms with Gasteiger partial charge in [0.25, 0.3) is 0 Å². The van der Waals surface area contributed by atoms with Gasteiger partial charge in [-0.1, -0.05) is 23.8 Å². The van der Waals surface area contributed by atoms with Crippen molar-refractivity contribution in [3.63, 3.8) is 0 Å². The third-order valence-corrected chi connectivity index (χ3v) is 5.34. The second-order valence-corrected chi connectivity index (χ2v) is 7.45. The van der Waals surface area contributed by atoms with Crippen LogP contribution in [0, 0.1) is 24.7 Å². The van der Waals surface area contributed by atoms with Crippen molar-refractivity contribution in [3.8, 4) is 0 Å². The number of carbonyl (C=O) groups is 3. The molecule has 0 radical (unpaired) electrons. The normalized spacial score (nSPS) is 27.6. The number of rotatable bonds is 3. The van der Waals surface area contributed by atoms with Crippen LogP contribution in [0.4, 0.5) is 0 Å². The molecule has 0 spiro atoms. The van der Waals surface area contributed by atoms with E-state index in [2.05, 4.69) is 0 Å². The molecular weight excluding hydrogens is 320 g/mol. The minimum Gasteiger partial charge on any atom is -0.465 e. The maximum absolute atomic E-state index is 13.1. The fraction of sp³-hybridized carbons (Fsp3) is 0.550. The Kier molecular flexibility index (Phi) is 4.43. The molecule has 25 heavy (non-hydrogen) atoms. The van der Waals surface area contributed by atoms with E-state index in [9.17, 15) is 14.4 Å². The highest BCUT2D eigenvalue weighted by Crippen LogP contribution is 2.46. The van der Waals surface area contributed by atoms with Crippen LogP contribution >= 0.6 is 0 Å². The number of benzene rings is 1. The summed E-state index contributed by atoms with van der Waals surface area (Å²) in [5.41, 5.74) is 1.97. The number of carbonyl (C=O) groups excluding carboxylic acids is 3. The Morgan fingerprint density at radius 2 is 2.04 bits per heavy atom. The van der Waals surface area contributed by atoms with Gasteiger partial charge in [0.2, 0.25) is 0 Å². The van der Waals surface area contributed by atoms with Crippen molar-refractivity contribution < 1.29 is 23.9 Å². The second-order valence-electron chi connectivity index (χ2n) is 7.45. The lowest BCUT2D eigenvalue weighted by Gasteiger charge is -2.35. The molecule has 3 rings (SSSR count). The molecule has 1 fully saturated rings. The molecule has 1 aliphatic heterocycles. The third kappa shape index (κ3) is 2.96. The standard InChI is InChI=1S/C20H24O5/c1-5-24-18(22)15-16(20(3,4)25-19(15)23)14-9-7-12-10-11(2)6-8-13(12)17(14)21/h6,8,10,14-16H,5,7,9H2,1-4H3/t14-,15-,16+/m0/s1. The van der Waals surface area contributed by atoms with Gasteiger partial charge >= 0.3 is 11.9 Å². The Balaban J connectivity index is 1.98. The predicted octanol–water partition coefficient (Wildman–Crippen LogP) is 2.87. The van der Waals surface area contributed by atoms with Gasteiger partial charge in [-0.2, -0.15) is 0 Å². The van der Waals surface area contributed by atoms with Crippen molar-refractivity contribution in [1.29, 1.82) is 0 Å². The largest absolute Gasteiger partial charge is 0.465 e. The Morgan fingerprint density at radius 1 is 1.32 bits per heavy atom. The molecule has 134 valence electrons. The van der Waals surface area contributed by atoms with E-state index in [0.717, 1.165) is 17.5 Å². The van der Waals surface area contributed by atoms with E-state index in [1.807, 2.05) is 25.1 Å². The van der Waals surface area contributed by atoms with Gasteiger partial charge in [-0.3, -0.25) is 14.4 Å². The van der Waals surface area contributed by atoms with Crippen molar-refractivity contribution in [3.05, 3.63) is 34.9 Å². The van der Waals surface area contributed by atoms with E-state index in [4.69, 9.17) is 9.47 Å². The number of aryl methyl sites for hydroxylation is 2. The molecule has 1 aromatic carbocycles. The Morgan fingerprint density at radius 3 is 2.72 bits per heavy atom. The first kappa shape index (κ1) is 17.6. The number of cyclic esters (lactones) is 1. The van der Waals surface area contributed by atoms with Crippen LogP contribution in [0.3, 0.4) is 0 Å². The summed E-state index contributed by atoms with van der Waals surface area (Å²) >= 11 is 0. The molecule has 0 bridgehead atoms. The zero-order valence-corrected chi connectivity index (χ0v) is 15.1. The zero-order chi connectivity index (χ0) is 18.4. The fourth-order valence-corrected chi connectivity index (χ4v) is 4.28. The highest BCUT2D eigenvalue weighted by molar-refractivity contribution is 6.03. The average molecular weight is 344 g/mol. The number of Topliss-reactive ketones (excluding diaryl/α,β-unsaturated/α-hetero) is 1. The molecule has 0 N–H and O–H groups in total. The number of ketones is 1. The highest BCUT2D eigenvalue weighted by Gasteiger charge is 2.58. The van der Waals surface area contributed by atoms with Crippen molar-refractivity contribution in [2.75, 3.05) is 6.61 Å². The summed E-state index contributed by atoms with van der Waals surface area (Å²) < 4.78 is 10.5. The van der Waals surface area contributed by atoms with Crippen LogP contribution in [0.5, 0.6) is 0 Å². The number of ether oxygens (including phenoxy) is 2. The molecule has 5 heteroatoms. The summed E-state index contributed by atoms with van der Waals surface area (Å²) in [6.45, 7) is 7.43. The molecule has 0 unspecified atom stereocenters. The molecule has 0 aromatic heterocycles. The number of hydrogen-bond donors (Lipinski definition) is 0. The lowest BCUT2D eigenvalue weighted by atomic mass is 9.67. The van der Waals surface area contributed by atoms with Crippen LogP contribution in [-0.4, -0.2) is 29.9 Å².